The highest BCUT2D eigenvalue weighted by Crippen LogP contribution is 2.60. The van der Waals surface area contributed by atoms with Crippen LogP contribution in [0.15, 0.2) is 24.3 Å². The van der Waals surface area contributed by atoms with Crippen LogP contribution >= 0.6 is 11.5 Å². The molecule has 198 valence electrons. The van der Waals surface area contributed by atoms with E-state index < -0.39 is 5.60 Å². The van der Waals surface area contributed by atoms with Crippen LogP contribution in [-0.2, 0) is 9.59 Å². The summed E-state index contributed by atoms with van der Waals surface area (Å²) in [6.45, 7) is 7.53. The lowest BCUT2D eigenvalue weighted by Crippen LogP contribution is -2.49. The number of carbonyl (C=O) groups excluding carboxylic acids is 2. The van der Waals surface area contributed by atoms with Gasteiger partial charge in [0.25, 0.3) is 0 Å². The molecular weight excluding hydrogens is 484 g/mol. The Morgan fingerprint density at radius 1 is 1.00 bits per heavy atom. The number of carbonyl (C=O) groups is 2. The van der Waals surface area contributed by atoms with E-state index >= 15 is 0 Å². The number of imide groups is 1. The zero-order valence-corrected chi connectivity index (χ0v) is 22.5. The van der Waals surface area contributed by atoms with Gasteiger partial charge in [0.15, 0.2) is 0 Å². The molecule has 7 nitrogen and oxygen atoms in total. The summed E-state index contributed by atoms with van der Waals surface area (Å²) in [5.74, 6) is 1.80. The van der Waals surface area contributed by atoms with Crippen molar-refractivity contribution in [2.45, 2.75) is 51.0 Å². The first-order chi connectivity index (χ1) is 17.9. The molecule has 2 bridgehead atoms. The molecule has 2 saturated heterocycles. The third-order valence-corrected chi connectivity index (χ3v) is 11.3. The Kier molecular flexibility index (Phi) is 5.86. The highest BCUT2D eigenvalue weighted by Gasteiger charge is 2.67. The molecule has 37 heavy (non-hydrogen) atoms. The van der Waals surface area contributed by atoms with Crippen LogP contribution in [0.3, 0.4) is 0 Å². The average molecular weight is 523 g/mol. The number of rotatable bonds is 5. The monoisotopic (exact) mass is 522 g/mol. The number of anilines is 1. The van der Waals surface area contributed by atoms with Crippen LogP contribution in [0.1, 0.15) is 45.4 Å². The predicted octanol–water partition coefficient (Wildman–Crippen LogP) is 3.62. The van der Waals surface area contributed by atoms with Crippen molar-refractivity contribution in [3.8, 4) is 0 Å². The highest BCUT2D eigenvalue weighted by molar-refractivity contribution is 7.13. The largest absolute Gasteiger partial charge is 0.390 e. The topological polar surface area (TPSA) is 77.0 Å². The molecule has 1 N–H and O–H groups in total. The maximum atomic E-state index is 13.5. The molecule has 2 aliphatic heterocycles. The second kappa shape index (κ2) is 9.02. The lowest BCUT2D eigenvalue weighted by atomic mass is 9.73. The second-order valence-electron chi connectivity index (χ2n) is 12.6. The lowest BCUT2D eigenvalue weighted by Gasteiger charge is -2.40. The van der Waals surface area contributed by atoms with Crippen molar-refractivity contribution in [3.63, 3.8) is 0 Å². The van der Waals surface area contributed by atoms with Crippen LogP contribution in [0.25, 0.3) is 10.1 Å². The minimum Gasteiger partial charge on any atom is -0.390 e. The van der Waals surface area contributed by atoms with Crippen LogP contribution in [0.5, 0.6) is 0 Å². The van der Waals surface area contributed by atoms with Gasteiger partial charge in [0.1, 0.15) is 5.82 Å². The van der Waals surface area contributed by atoms with E-state index in [-0.39, 0.29) is 35.5 Å². The van der Waals surface area contributed by atoms with Crippen molar-refractivity contribution in [2.75, 3.05) is 44.2 Å². The van der Waals surface area contributed by atoms with Crippen LogP contribution in [-0.4, -0.2) is 76.0 Å². The maximum absolute atomic E-state index is 13.5. The molecule has 3 heterocycles. The van der Waals surface area contributed by atoms with Gasteiger partial charge in [-0.1, -0.05) is 25.0 Å². The van der Waals surface area contributed by atoms with Gasteiger partial charge in [-0.25, -0.2) is 0 Å². The number of aliphatic hydroxyl groups is 1. The number of fused-ring (bicyclic) bond motifs is 6. The van der Waals surface area contributed by atoms with Crippen LogP contribution in [0.4, 0.5) is 5.82 Å². The Morgan fingerprint density at radius 2 is 1.70 bits per heavy atom. The number of piperazine rings is 1. The SMILES string of the molecule is C[C@]1(O)C[C@@H]2C[C@H]1[C@H]1C(=O)N(C[C@@H]3CCCCC3CN3CCN(c4nsc5ccccc45)CC3)C(=O)[C@@H]21. The molecule has 2 aromatic rings. The Bertz CT molecular complexity index is 1200. The normalized spacial score (nSPS) is 38.2. The van der Waals surface area contributed by atoms with Gasteiger partial charge in [0.05, 0.1) is 22.1 Å². The molecule has 1 aromatic heterocycles. The molecule has 0 spiro atoms. The summed E-state index contributed by atoms with van der Waals surface area (Å²) in [5.41, 5.74) is -0.794. The van der Waals surface area contributed by atoms with E-state index in [4.69, 9.17) is 4.37 Å². The molecular formula is C29H38N4O3S. The van der Waals surface area contributed by atoms with E-state index in [0.717, 1.165) is 51.4 Å². The summed E-state index contributed by atoms with van der Waals surface area (Å²) >= 11 is 1.58. The Labute approximate surface area is 223 Å². The number of hydrogen-bond donors (Lipinski definition) is 1. The van der Waals surface area contributed by atoms with E-state index in [0.29, 0.717) is 24.8 Å². The second-order valence-corrected chi connectivity index (χ2v) is 13.4. The molecule has 3 aliphatic carbocycles. The Morgan fingerprint density at radius 3 is 2.49 bits per heavy atom. The fourth-order valence-electron chi connectivity index (χ4n) is 8.60. The zero-order valence-electron chi connectivity index (χ0n) is 21.7. The average Bonchev–Trinajstić information content (AvgIpc) is 3.62. The highest BCUT2D eigenvalue weighted by atomic mass is 32.1. The van der Waals surface area contributed by atoms with Gasteiger partial charge in [0, 0.05) is 50.6 Å². The van der Waals surface area contributed by atoms with Gasteiger partial charge in [-0.05, 0) is 74.0 Å². The van der Waals surface area contributed by atoms with Gasteiger partial charge < -0.3 is 10.0 Å². The molecule has 8 heteroatoms. The molecule has 7 atom stereocenters. The minimum absolute atomic E-state index is 0.0101. The fraction of sp³-hybridized carbons (Fsp3) is 0.690. The summed E-state index contributed by atoms with van der Waals surface area (Å²) in [7, 11) is 0. The van der Waals surface area contributed by atoms with Crippen molar-refractivity contribution in [1.29, 1.82) is 0 Å². The van der Waals surface area contributed by atoms with Gasteiger partial charge in [-0.3, -0.25) is 19.4 Å². The van der Waals surface area contributed by atoms with Gasteiger partial charge in [-0.15, -0.1) is 0 Å². The van der Waals surface area contributed by atoms with Crippen LogP contribution < -0.4 is 4.90 Å². The maximum Gasteiger partial charge on any atom is 0.233 e. The third-order valence-electron chi connectivity index (χ3n) is 10.5. The summed E-state index contributed by atoms with van der Waals surface area (Å²) in [4.78, 5) is 33.5. The smallest absolute Gasteiger partial charge is 0.233 e. The number of aromatic nitrogens is 1. The van der Waals surface area contributed by atoms with E-state index in [1.807, 2.05) is 6.92 Å². The summed E-state index contributed by atoms with van der Waals surface area (Å²) in [6.07, 6.45) is 6.22. The van der Waals surface area contributed by atoms with E-state index in [1.54, 1.807) is 16.4 Å². The van der Waals surface area contributed by atoms with Crippen molar-refractivity contribution in [2.24, 2.45) is 35.5 Å². The van der Waals surface area contributed by atoms with Gasteiger partial charge in [0.2, 0.25) is 11.8 Å². The molecule has 7 rings (SSSR count). The van der Waals surface area contributed by atoms with Crippen molar-refractivity contribution >= 4 is 39.3 Å². The minimum atomic E-state index is -0.794. The predicted molar refractivity (Wildman–Crippen MR) is 144 cm³/mol. The number of hydrogen-bond acceptors (Lipinski definition) is 7. The quantitative estimate of drug-likeness (QED) is 0.605. The van der Waals surface area contributed by atoms with Gasteiger partial charge in [-0.2, -0.15) is 4.37 Å². The van der Waals surface area contributed by atoms with Gasteiger partial charge >= 0.3 is 0 Å². The summed E-state index contributed by atoms with van der Waals surface area (Å²) in [5, 5.41) is 12.1. The van der Waals surface area contributed by atoms with E-state index in [1.165, 1.54) is 29.3 Å². The number of amides is 2. The molecule has 1 unspecified atom stereocenters. The summed E-state index contributed by atoms with van der Waals surface area (Å²) in [6, 6.07) is 8.49. The molecule has 2 amide bonds. The molecule has 1 aromatic carbocycles. The van der Waals surface area contributed by atoms with E-state index in [9.17, 15) is 14.7 Å². The number of nitrogens with zero attached hydrogens (tertiary/aromatic N) is 4. The molecule has 5 aliphatic rings. The van der Waals surface area contributed by atoms with E-state index in [2.05, 4.69) is 34.1 Å². The zero-order chi connectivity index (χ0) is 25.3. The molecule has 5 fully saturated rings. The Hall–Kier alpha value is -2.03. The van der Waals surface area contributed by atoms with Crippen LogP contribution in [0.2, 0.25) is 0 Å². The standard InChI is InChI=1S/C29H38N4O3S/c1-29(36)15-20-14-22(29)25-24(20)27(34)33(28(25)35)17-19-7-3-2-6-18(19)16-31-10-12-32(13-11-31)26-21-8-4-5-9-23(21)37-30-26/h4-5,8-9,18-20,22,24-25,36H,2-3,6-7,10-17H2,1H3/t18?,19-,20-,22-,24-,25+,29-/m0/s1. The number of likely N-dealkylation sites (tertiary alicyclic amines) is 1. The first-order valence-corrected chi connectivity index (χ1v) is 15.1. The third kappa shape index (κ3) is 3.93. The fourth-order valence-corrected chi connectivity index (χ4v) is 9.40. The molecule has 0 radical (unpaired) electrons. The van der Waals surface area contributed by atoms with Crippen molar-refractivity contribution < 1.29 is 14.7 Å². The lowest BCUT2D eigenvalue weighted by molar-refractivity contribution is -0.142. The van der Waals surface area contributed by atoms with Crippen molar-refractivity contribution in [1.82, 2.24) is 14.2 Å². The molecule has 3 saturated carbocycles. The first-order valence-electron chi connectivity index (χ1n) is 14.3. The Balaban J connectivity index is 0.991. The van der Waals surface area contributed by atoms with Crippen molar-refractivity contribution in [3.05, 3.63) is 24.3 Å². The summed E-state index contributed by atoms with van der Waals surface area (Å²) < 4.78 is 6.00. The number of benzene rings is 1. The first kappa shape index (κ1) is 24.0. The van der Waals surface area contributed by atoms with Crippen LogP contribution in [0, 0.1) is 35.5 Å².